The average Bonchev–Trinajstić information content (AvgIpc) is 3.09. The standard InChI is InChI=1S/C23H31N5O3S/c1-16-15-28(19-9-10-24-21(25-19)32(5)30)18-8-6-7-17(20(16)18)26-11-13-27(14-12-26)22(29)31-23(2,3)4/h6-10,16H,11-15H2,1-5H3. The maximum absolute atomic E-state index is 12.4. The summed E-state index contributed by atoms with van der Waals surface area (Å²) in [5, 5.41) is 0.345. The van der Waals surface area contributed by atoms with Gasteiger partial charge < -0.3 is 19.4 Å². The largest absolute Gasteiger partial charge is 0.444 e. The predicted molar refractivity (Wildman–Crippen MR) is 126 cm³/mol. The summed E-state index contributed by atoms with van der Waals surface area (Å²) in [5.74, 6) is 1.08. The number of piperazine rings is 1. The van der Waals surface area contributed by atoms with Crippen LogP contribution in [0.15, 0.2) is 35.6 Å². The Morgan fingerprint density at radius 3 is 2.47 bits per heavy atom. The molecule has 8 nitrogen and oxygen atoms in total. The fourth-order valence-electron chi connectivity index (χ4n) is 4.31. The third kappa shape index (κ3) is 4.57. The van der Waals surface area contributed by atoms with Crippen molar-refractivity contribution >= 4 is 34.1 Å². The summed E-state index contributed by atoms with van der Waals surface area (Å²) in [6.07, 6.45) is 3.01. The second-order valence-corrected chi connectivity index (χ2v) is 10.6. The van der Waals surface area contributed by atoms with Crippen LogP contribution in [0.4, 0.5) is 22.0 Å². The molecular formula is C23H31N5O3S. The third-order valence-electron chi connectivity index (χ3n) is 5.72. The highest BCUT2D eigenvalue weighted by atomic mass is 32.2. The molecule has 0 saturated carbocycles. The number of anilines is 3. The van der Waals surface area contributed by atoms with E-state index in [1.165, 1.54) is 11.3 Å². The zero-order chi connectivity index (χ0) is 23.0. The van der Waals surface area contributed by atoms with Gasteiger partial charge in [0, 0.05) is 68.0 Å². The molecule has 0 N–H and O–H groups in total. The molecule has 2 atom stereocenters. The first-order valence-electron chi connectivity index (χ1n) is 10.9. The van der Waals surface area contributed by atoms with Gasteiger partial charge in [0.25, 0.3) is 0 Å². The Hall–Kier alpha value is -2.68. The normalized spacial score (nSPS) is 19.7. The first-order valence-corrected chi connectivity index (χ1v) is 12.5. The van der Waals surface area contributed by atoms with Crippen LogP contribution < -0.4 is 9.80 Å². The number of nitrogens with zero attached hydrogens (tertiary/aromatic N) is 5. The Kier molecular flexibility index (Phi) is 6.11. The molecule has 1 amide bonds. The van der Waals surface area contributed by atoms with Gasteiger partial charge in [0.05, 0.1) is 10.8 Å². The quantitative estimate of drug-likeness (QED) is 0.653. The molecule has 2 unspecified atom stereocenters. The molecule has 172 valence electrons. The van der Waals surface area contributed by atoms with Gasteiger partial charge in [0.2, 0.25) is 5.16 Å². The first-order chi connectivity index (χ1) is 15.1. The summed E-state index contributed by atoms with van der Waals surface area (Å²) >= 11 is 0. The lowest BCUT2D eigenvalue weighted by molar-refractivity contribution is 0.0240. The van der Waals surface area contributed by atoms with Crippen LogP contribution in [0.5, 0.6) is 0 Å². The Balaban J connectivity index is 1.55. The van der Waals surface area contributed by atoms with Crippen LogP contribution in [0.25, 0.3) is 0 Å². The number of carbonyl (C=O) groups is 1. The second-order valence-electron chi connectivity index (χ2n) is 9.33. The molecule has 32 heavy (non-hydrogen) atoms. The van der Waals surface area contributed by atoms with Gasteiger partial charge in [-0.25, -0.2) is 14.8 Å². The lowest BCUT2D eigenvalue weighted by Gasteiger charge is -2.37. The van der Waals surface area contributed by atoms with Gasteiger partial charge in [0.1, 0.15) is 11.4 Å². The average molecular weight is 458 g/mol. The first kappa shape index (κ1) is 22.5. The van der Waals surface area contributed by atoms with Gasteiger partial charge in [-0.1, -0.05) is 13.0 Å². The highest BCUT2D eigenvalue weighted by molar-refractivity contribution is 7.84. The topological polar surface area (TPSA) is 78.9 Å². The lowest BCUT2D eigenvalue weighted by Crippen LogP contribution is -2.50. The minimum atomic E-state index is -1.23. The van der Waals surface area contributed by atoms with E-state index in [1.807, 2.05) is 26.8 Å². The summed E-state index contributed by atoms with van der Waals surface area (Å²) in [7, 11) is -1.23. The smallest absolute Gasteiger partial charge is 0.410 e. The summed E-state index contributed by atoms with van der Waals surface area (Å²) in [6.45, 7) is 11.5. The van der Waals surface area contributed by atoms with E-state index in [-0.39, 0.29) is 6.09 Å². The van der Waals surface area contributed by atoms with Crippen LogP contribution in [-0.2, 0) is 15.5 Å². The van der Waals surface area contributed by atoms with E-state index in [9.17, 15) is 9.00 Å². The van der Waals surface area contributed by atoms with E-state index < -0.39 is 16.4 Å². The van der Waals surface area contributed by atoms with Crippen molar-refractivity contribution in [1.29, 1.82) is 0 Å². The van der Waals surface area contributed by atoms with Gasteiger partial charge in [-0.05, 0) is 39.0 Å². The van der Waals surface area contributed by atoms with Crippen molar-refractivity contribution in [2.45, 2.75) is 44.4 Å². The molecule has 2 aromatic rings. The van der Waals surface area contributed by atoms with Crippen molar-refractivity contribution in [2.75, 3.05) is 48.8 Å². The maximum atomic E-state index is 12.4. The Labute approximate surface area is 192 Å². The van der Waals surface area contributed by atoms with E-state index in [2.05, 4.69) is 44.9 Å². The van der Waals surface area contributed by atoms with Gasteiger partial charge in [0.15, 0.2) is 0 Å². The monoisotopic (exact) mass is 457 g/mol. The number of hydrogen-bond acceptors (Lipinski definition) is 7. The summed E-state index contributed by atoms with van der Waals surface area (Å²) in [5.41, 5.74) is 3.13. The number of ether oxygens (including phenoxy) is 1. The van der Waals surface area contributed by atoms with E-state index in [4.69, 9.17) is 4.74 Å². The highest BCUT2D eigenvalue weighted by Crippen LogP contribution is 2.45. The Bertz CT molecular complexity index is 1030. The molecule has 0 aliphatic carbocycles. The number of aromatic nitrogens is 2. The van der Waals surface area contributed by atoms with Gasteiger partial charge in [-0.3, -0.25) is 4.21 Å². The van der Waals surface area contributed by atoms with Crippen LogP contribution in [0.1, 0.15) is 39.2 Å². The zero-order valence-corrected chi connectivity index (χ0v) is 20.2. The summed E-state index contributed by atoms with van der Waals surface area (Å²) < 4.78 is 17.4. The zero-order valence-electron chi connectivity index (χ0n) is 19.4. The molecule has 1 aromatic heterocycles. The molecule has 0 radical (unpaired) electrons. The highest BCUT2D eigenvalue weighted by Gasteiger charge is 2.33. The Morgan fingerprint density at radius 1 is 1.12 bits per heavy atom. The molecule has 3 heterocycles. The van der Waals surface area contributed by atoms with Crippen molar-refractivity contribution in [1.82, 2.24) is 14.9 Å². The van der Waals surface area contributed by atoms with Crippen molar-refractivity contribution in [3.63, 3.8) is 0 Å². The maximum Gasteiger partial charge on any atom is 0.410 e. The van der Waals surface area contributed by atoms with Crippen LogP contribution in [-0.4, -0.2) is 69.8 Å². The molecule has 1 fully saturated rings. The Morgan fingerprint density at radius 2 is 1.81 bits per heavy atom. The van der Waals surface area contributed by atoms with Crippen LogP contribution in [0, 0.1) is 0 Å². The molecule has 0 spiro atoms. The van der Waals surface area contributed by atoms with Crippen molar-refractivity contribution in [2.24, 2.45) is 0 Å². The minimum Gasteiger partial charge on any atom is -0.444 e. The predicted octanol–water partition coefficient (Wildman–Crippen LogP) is 3.53. The summed E-state index contributed by atoms with van der Waals surface area (Å²) in [6, 6.07) is 8.21. The van der Waals surface area contributed by atoms with Crippen LogP contribution in [0.3, 0.4) is 0 Å². The van der Waals surface area contributed by atoms with Gasteiger partial charge >= 0.3 is 6.09 Å². The molecule has 9 heteroatoms. The summed E-state index contributed by atoms with van der Waals surface area (Å²) in [4.78, 5) is 27.4. The minimum absolute atomic E-state index is 0.247. The number of amides is 1. The number of fused-ring (bicyclic) bond motifs is 1. The molecule has 0 bridgehead atoms. The fraction of sp³-hybridized carbons (Fsp3) is 0.522. The van der Waals surface area contributed by atoms with Crippen molar-refractivity contribution in [3.05, 3.63) is 36.0 Å². The van der Waals surface area contributed by atoms with Crippen molar-refractivity contribution in [3.8, 4) is 0 Å². The van der Waals surface area contributed by atoms with E-state index >= 15 is 0 Å². The SMILES string of the molecule is CC1CN(c2ccnc(S(C)=O)n2)c2cccc(N3CCN(C(=O)OC(C)(C)C)CC3)c21. The molecule has 4 rings (SSSR count). The van der Waals surface area contributed by atoms with E-state index in [0.717, 1.165) is 31.1 Å². The third-order valence-corrected chi connectivity index (χ3v) is 6.44. The van der Waals surface area contributed by atoms with Gasteiger partial charge in [-0.15, -0.1) is 0 Å². The molecule has 2 aliphatic heterocycles. The number of carbonyl (C=O) groups excluding carboxylic acids is 1. The number of benzene rings is 1. The number of hydrogen-bond donors (Lipinski definition) is 0. The molecule has 1 saturated heterocycles. The molecule has 2 aliphatic rings. The van der Waals surface area contributed by atoms with E-state index in [1.54, 1.807) is 17.4 Å². The van der Waals surface area contributed by atoms with Crippen LogP contribution >= 0.6 is 0 Å². The van der Waals surface area contributed by atoms with Crippen molar-refractivity contribution < 1.29 is 13.7 Å². The number of rotatable bonds is 3. The second kappa shape index (κ2) is 8.69. The van der Waals surface area contributed by atoms with E-state index in [0.29, 0.717) is 24.2 Å². The molecular weight excluding hydrogens is 426 g/mol. The lowest BCUT2D eigenvalue weighted by atomic mass is 10.00. The van der Waals surface area contributed by atoms with Gasteiger partial charge in [-0.2, -0.15) is 0 Å². The van der Waals surface area contributed by atoms with Crippen LogP contribution in [0.2, 0.25) is 0 Å². The fourth-order valence-corrected chi connectivity index (χ4v) is 4.75. The molecule has 1 aromatic carbocycles.